The number of benzene rings is 1. The summed E-state index contributed by atoms with van der Waals surface area (Å²) in [6.07, 6.45) is 6.40. The highest BCUT2D eigenvalue weighted by Crippen LogP contribution is 2.36. The van der Waals surface area contributed by atoms with E-state index in [-0.39, 0.29) is 11.8 Å². The molecule has 1 aliphatic carbocycles. The first kappa shape index (κ1) is 16.7. The normalized spacial score (nSPS) is 20.1. The van der Waals surface area contributed by atoms with Gasteiger partial charge in [0.2, 0.25) is 11.8 Å². The van der Waals surface area contributed by atoms with E-state index in [1.807, 2.05) is 30.3 Å². The Hall–Kier alpha value is -2.10. The summed E-state index contributed by atoms with van der Waals surface area (Å²) < 4.78 is 0. The van der Waals surface area contributed by atoms with Crippen molar-refractivity contribution in [1.29, 1.82) is 0 Å². The molecule has 0 atom stereocenters. The van der Waals surface area contributed by atoms with E-state index >= 15 is 0 Å². The van der Waals surface area contributed by atoms with Gasteiger partial charge in [-0.3, -0.25) is 9.59 Å². The molecular formula is C20H26N2O2. The number of amides is 2. The predicted octanol–water partition coefficient (Wildman–Crippen LogP) is 2.65. The van der Waals surface area contributed by atoms with Crippen LogP contribution in [0, 0.1) is 5.92 Å². The lowest BCUT2D eigenvalue weighted by Gasteiger charge is -2.41. The molecule has 0 bridgehead atoms. The van der Waals surface area contributed by atoms with E-state index in [2.05, 4.69) is 11.9 Å². The second kappa shape index (κ2) is 7.20. The van der Waals surface area contributed by atoms with Crippen LogP contribution in [-0.4, -0.2) is 36.3 Å². The summed E-state index contributed by atoms with van der Waals surface area (Å²) in [6, 6.07) is 10.0. The maximum absolute atomic E-state index is 13.1. The zero-order valence-electron chi connectivity index (χ0n) is 14.2. The Balaban J connectivity index is 1.76. The minimum atomic E-state index is -0.525. The maximum Gasteiger partial charge on any atom is 0.245 e. The smallest absolute Gasteiger partial charge is 0.245 e. The fourth-order valence-corrected chi connectivity index (χ4v) is 3.75. The predicted molar refractivity (Wildman–Crippen MR) is 94.5 cm³/mol. The number of nitrogens with zero attached hydrogens (tertiary/aromatic N) is 1. The summed E-state index contributed by atoms with van der Waals surface area (Å²) in [7, 11) is 0. The molecule has 1 saturated carbocycles. The Kier molecular flexibility index (Phi) is 5.03. The maximum atomic E-state index is 13.1. The molecule has 3 rings (SSSR count). The van der Waals surface area contributed by atoms with Gasteiger partial charge >= 0.3 is 0 Å². The fourth-order valence-electron chi connectivity index (χ4n) is 3.75. The van der Waals surface area contributed by atoms with Crippen LogP contribution in [0.1, 0.15) is 37.7 Å². The van der Waals surface area contributed by atoms with Crippen molar-refractivity contribution >= 4 is 11.8 Å². The van der Waals surface area contributed by atoms with Crippen molar-refractivity contribution in [2.24, 2.45) is 5.92 Å². The van der Waals surface area contributed by atoms with Crippen molar-refractivity contribution in [1.82, 2.24) is 10.2 Å². The number of piperidine rings is 1. The molecule has 2 amide bonds. The lowest BCUT2D eigenvalue weighted by atomic mass is 9.71. The van der Waals surface area contributed by atoms with E-state index in [1.54, 1.807) is 4.90 Å². The van der Waals surface area contributed by atoms with Gasteiger partial charge in [-0.25, -0.2) is 0 Å². The first-order valence-corrected chi connectivity index (χ1v) is 8.91. The monoisotopic (exact) mass is 326 g/mol. The standard InChI is InChI=1S/C20H26N2O2/c1-2-18(23)22-13-11-20(12-14-22,17-9-4-3-5-10-17)19(24)21-15-16-7-6-8-16/h2-5,9-10,16H,1,6-8,11-15H2,(H,21,24). The fraction of sp³-hybridized carbons (Fsp3) is 0.500. The summed E-state index contributed by atoms with van der Waals surface area (Å²) in [5.41, 5.74) is 0.532. The number of nitrogens with one attached hydrogen (secondary N) is 1. The second-order valence-corrected chi connectivity index (χ2v) is 6.98. The summed E-state index contributed by atoms with van der Waals surface area (Å²) in [6.45, 7) is 5.53. The Bertz CT molecular complexity index is 599. The molecule has 4 nitrogen and oxygen atoms in total. The van der Waals surface area contributed by atoms with Gasteiger partial charge in [0, 0.05) is 19.6 Å². The molecule has 1 N–H and O–H groups in total. The Labute approximate surface area is 143 Å². The number of carbonyl (C=O) groups is 2. The molecular weight excluding hydrogens is 300 g/mol. The van der Waals surface area contributed by atoms with Crippen molar-refractivity contribution in [3.8, 4) is 0 Å². The van der Waals surface area contributed by atoms with Crippen LogP contribution < -0.4 is 5.32 Å². The van der Waals surface area contributed by atoms with Crippen LogP contribution in [0.3, 0.4) is 0 Å². The van der Waals surface area contributed by atoms with Crippen molar-refractivity contribution in [2.45, 2.75) is 37.5 Å². The van der Waals surface area contributed by atoms with E-state index in [0.29, 0.717) is 31.8 Å². The third kappa shape index (κ3) is 3.23. The topological polar surface area (TPSA) is 49.4 Å². The molecule has 1 aliphatic heterocycles. The quantitative estimate of drug-likeness (QED) is 0.846. The van der Waals surface area contributed by atoms with Gasteiger partial charge in [-0.2, -0.15) is 0 Å². The van der Waals surface area contributed by atoms with Gasteiger partial charge < -0.3 is 10.2 Å². The van der Waals surface area contributed by atoms with Crippen LogP contribution >= 0.6 is 0 Å². The van der Waals surface area contributed by atoms with Crippen LogP contribution in [0.4, 0.5) is 0 Å². The van der Waals surface area contributed by atoms with Gasteiger partial charge in [-0.05, 0) is 43.2 Å². The molecule has 0 spiro atoms. The molecule has 1 aromatic carbocycles. The van der Waals surface area contributed by atoms with Gasteiger partial charge in [-0.15, -0.1) is 0 Å². The molecule has 128 valence electrons. The molecule has 0 aromatic heterocycles. The van der Waals surface area contributed by atoms with Gasteiger partial charge in [0.15, 0.2) is 0 Å². The molecule has 2 fully saturated rings. The molecule has 24 heavy (non-hydrogen) atoms. The van der Waals surface area contributed by atoms with Gasteiger partial charge in [-0.1, -0.05) is 43.3 Å². The summed E-state index contributed by atoms with van der Waals surface area (Å²) in [5, 5.41) is 3.19. The zero-order valence-corrected chi connectivity index (χ0v) is 14.2. The summed E-state index contributed by atoms with van der Waals surface area (Å²) >= 11 is 0. The van der Waals surface area contributed by atoms with Crippen molar-refractivity contribution in [2.75, 3.05) is 19.6 Å². The number of carbonyl (C=O) groups excluding carboxylic acids is 2. The van der Waals surface area contributed by atoms with Gasteiger partial charge in [0.05, 0.1) is 5.41 Å². The molecule has 1 saturated heterocycles. The Morgan fingerprint density at radius 3 is 2.42 bits per heavy atom. The van der Waals surface area contributed by atoms with Gasteiger partial charge in [0.25, 0.3) is 0 Å². The van der Waals surface area contributed by atoms with Crippen molar-refractivity contribution < 1.29 is 9.59 Å². The lowest BCUT2D eigenvalue weighted by molar-refractivity contribution is -0.134. The zero-order chi connectivity index (χ0) is 17.0. The Morgan fingerprint density at radius 1 is 1.21 bits per heavy atom. The highest BCUT2D eigenvalue weighted by molar-refractivity contribution is 5.90. The molecule has 0 unspecified atom stereocenters. The number of hydrogen-bond acceptors (Lipinski definition) is 2. The largest absolute Gasteiger partial charge is 0.355 e. The van der Waals surface area contributed by atoms with E-state index in [1.165, 1.54) is 25.3 Å². The molecule has 1 heterocycles. The van der Waals surface area contributed by atoms with E-state index in [4.69, 9.17) is 0 Å². The van der Waals surface area contributed by atoms with Crippen molar-refractivity contribution in [3.05, 3.63) is 48.6 Å². The molecule has 1 aromatic rings. The minimum Gasteiger partial charge on any atom is -0.355 e. The highest BCUT2D eigenvalue weighted by atomic mass is 16.2. The van der Waals surface area contributed by atoms with Crippen LogP contribution in [0.5, 0.6) is 0 Å². The number of hydrogen-bond donors (Lipinski definition) is 1. The average Bonchev–Trinajstić information content (AvgIpc) is 2.60. The Morgan fingerprint density at radius 2 is 1.88 bits per heavy atom. The number of rotatable bonds is 5. The van der Waals surface area contributed by atoms with Crippen LogP contribution in [-0.2, 0) is 15.0 Å². The van der Waals surface area contributed by atoms with Crippen LogP contribution in [0.2, 0.25) is 0 Å². The second-order valence-electron chi connectivity index (χ2n) is 6.98. The summed E-state index contributed by atoms with van der Waals surface area (Å²) in [5.74, 6) is 0.710. The third-order valence-electron chi connectivity index (χ3n) is 5.64. The average molecular weight is 326 g/mol. The van der Waals surface area contributed by atoms with Gasteiger partial charge in [0.1, 0.15) is 0 Å². The summed E-state index contributed by atoms with van der Waals surface area (Å²) in [4.78, 5) is 26.7. The van der Waals surface area contributed by atoms with Crippen LogP contribution in [0.25, 0.3) is 0 Å². The minimum absolute atomic E-state index is 0.0495. The van der Waals surface area contributed by atoms with E-state index in [9.17, 15) is 9.59 Å². The molecule has 4 heteroatoms. The van der Waals surface area contributed by atoms with E-state index < -0.39 is 5.41 Å². The first-order chi connectivity index (χ1) is 11.7. The SMILES string of the molecule is C=CC(=O)N1CCC(C(=O)NCC2CCC2)(c2ccccc2)CC1. The number of likely N-dealkylation sites (tertiary alicyclic amines) is 1. The highest BCUT2D eigenvalue weighted by Gasteiger charge is 2.43. The van der Waals surface area contributed by atoms with Crippen molar-refractivity contribution in [3.63, 3.8) is 0 Å². The van der Waals surface area contributed by atoms with Crippen LogP contribution in [0.15, 0.2) is 43.0 Å². The molecule has 2 aliphatic rings. The van der Waals surface area contributed by atoms with E-state index in [0.717, 1.165) is 12.1 Å². The lowest BCUT2D eigenvalue weighted by Crippen LogP contribution is -2.53. The molecule has 0 radical (unpaired) electrons. The first-order valence-electron chi connectivity index (χ1n) is 8.91. The third-order valence-corrected chi connectivity index (χ3v) is 5.64.